The Kier molecular flexibility index (Phi) is 1.59. The fourth-order valence-electron chi connectivity index (χ4n) is 1.10. The number of carbonyl (C=O) groups is 1. The van der Waals surface area contributed by atoms with Gasteiger partial charge in [0.2, 0.25) is 0 Å². The molecule has 0 unspecified atom stereocenters. The van der Waals surface area contributed by atoms with Gasteiger partial charge in [-0.05, 0) is 12.1 Å². The van der Waals surface area contributed by atoms with Gasteiger partial charge in [-0.25, -0.2) is 0 Å². The van der Waals surface area contributed by atoms with Gasteiger partial charge < -0.3 is 0 Å². The lowest BCUT2D eigenvalue weighted by Crippen LogP contribution is -1.79. The minimum Gasteiger partial charge on any atom is -0.298 e. The summed E-state index contributed by atoms with van der Waals surface area (Å²) in [5, 5.41) is 7.93. The van der Waals surface area contributed by atoms with Crippen LogP contribution in [0.5, 0.6) is 0 Å². The molecule has 1 aromatic heterocycles. The Bertz CT molecular complexity index is 436. The van der Waals surface area contributed by atoms with Crippen LogP contribution in [0.3, 0.4) is 0 Å². The minimum absolute atomic E-state index is 0.545. The quantitative estimate of drug-likeness (QED) is 0.683. The first kappa shape index (κ1) is 7.31. The van der Waals surface area contributed by atoms with Gasteiger partial charge in [0.05, 0.1) is 16.7 Å². The Hall–Kier alpha value is -1.35. The number of hydrogen-bond acceptors (Lipinski definition) is 2. The summed E-state index contributed by atoms with van der Waals surface area (Å²) in [5.74, 6) is 0. The first-order valence-corrected chi connectivity index (χ1v) is 3.77. The maximum Gasteiger partial charge on any atom is 0.150 e. The molecule has 12 heavy (non-hydrogen) atoms. The van der Waals surface area contributed by atoms with Crippen molar-refractivity contribution in [3.05, 3.63) is 28.9 Å². The smallest absolute Gasteiger partial charge is 0.150 e. The molecule has 0 saturated carbocycles. The Morgan fingerprint density at radius 1 is 1.50 bits per heavy atom. The van der Waals surface area contributed by atoms with Crippen molar-refractivity contribution in [3.8, 4) is 0 Å². The molecule has 2 aromatic rings. The van der Waals surface area contributed by atoms with Crippen LogP contribution in [0.2, 0.25) is 5.02 Å². The van der Waals surface area contributed by atoms with E-state index in [0.717, 1.165) is 17.2 Å². The second-order valence-electron chi connectivity index (χ2n) is 2.45. The van der Waals surface area contributed by atoms with E-state index >= 15 is 0 Å². The number of hydrogen-bond donors (Lipinski definition) is 1. The number of rotatable bonds is 1. The Morgan fingerprint density at radius 2 is 2.33 bits per heavy atom. The van der Waals surface area contributed by atoms with Gasteiger partial charge in [0.15, 0.2) is 0 Å². The Labute approximate surface area is 73.3 Å². The predicted molar refractivity (Wildman–Crippen MR) is 46.5 cm³/mol. The van der Waals surface area contributed by atoms with Gasteiger partial charge in [-0.2, -0.15) is 5.10 Å². The number of benzene rings is 1. The van der Waals surface area contributed by atoms with Gasteiger partial charge in [0.1, 0.15) is 6.29 Å². The molecule has 0 saturated heterocycles. The van der Waals surface area contributed by atoms with Crippen molar-refractivity contribution < 1.29 is 4.79 Å². The lowest BCUT2D eigenvalue weighted by atomic mass is 10.2. The molecule has 4 heteroatoms. The summed E-state index contributed by atoms with van der Waals surface area (Å²) in [6.45, 7) is 0. The largest absolute Gasteiger partial charge is 0.298 e. The Balaban J connectivity index is 2.83. The van der Waals surface area contributed by atoms with Crippen LogP contribution in [-0.2, 0) is 0 Å². The van der Waals surface area contributed by atoms with Gasteiger partial charge in [0, 0.05) is 10.9 Å². The molecule has 1 N–H and O–H groups in total. The Morgan fingerprint density at radius 3 is 3.08 bits per heavy atom. The third-order valence-electron chi connectivity index (χ3n) is 1.67. The van der Waals surface area contributed by atoms with Crippen LogP contribution in [0.25, 0.3) is 10.9 Å². The summed E-state index contributed by atoms with van der Waals surface area (Å²) in [5.41, 5.74) is 1.33. The number of aromatic nitrogens is 2. The molecule has 0 spiro atoms. The van der Waals surface area contributed by atoms with Crippen LogP contribution < -0.4 is 0 Å². The fraction of sp³-hybridized carbons (Fsp3) is 0. The molecule has 0 amide bonds. The number of aromatic amines is 1. The lowest BCUT2D eigenvalue weighted by molar-refractivity contribution is 0.112. The molecular formula is C8H5ClN2O. The van der Waals surface area contributed by atoms with Crippen molar-refractivity contribution >= 4 is 28.8 Å². The second kappa shape index (κ2) is 2.60. The molecule has 1 aromatic carbocycles. The van der Waals surface area contributed by atoms with E-state index in [4.69, 9.17) is 11.6 Å². The molecule has 0 bridgehead atoms. The van der Waals surface area contributed by atoms with Crippen molar-refractivity contribution in [1.82, 2.24) is 10.2 Å². The molecule has 3 nitrogen and oxygen atoms in total. The summed E-state index contributed by atoms with van der Waals surface area (Å²) < 4.78 is 0. The first-order chi connectivity index (χ1) is 5.81. The van der Waals surface area contributed by atoms with Crippen LogP contribution in [0.15, 0.2) is 18.3 Å². The maximum atomic E-state index is 10.4. The predicted octanol–water partition coefficient (Wildman–Crippen LogP) is 2.03. The van der Waals surface area contributed by atoms with Gasteiger partial charge in [0.25, 0.3) is 0 Å². The number of H-pyrrole nitrogens is 1. The van der Waals surface area contributed by atoms with Crippen molar-refractivity contribution in [2.24, 2.45) is 0 Å². The van der Waals surface area contributed by atoms with Crippen molar-refractivity contribution in [3.63, 3.8) is 0 Å². The highest BCUT2D eigenvalue weighted by Gasteiger charge is 2.02. The monoisotopic (exact) mass is 180 g/mol. The number of aldehydes is 1. The standard InChI is InChI=1S/C8H5ClN2O/c9-7-1-5(4-12)2-8-6(7)3-10-11-8/h1-4H,(H,10,11). The van der Waals surface area contributed by atoms with Crippen LogP contribution in [0.1, 0.15) is 10.4 Å². The maximum absolute atomic E-state index is 10.4. The van der Waals surface area contributed by atoms with E-state index in [1.165, 1.54) is 0 Å². The van der Waals surface area contributed by atoms with E-state index in [9.17, 15) is 4.79 Å². The third-order valence-corrected chi connectivity index (χ3v) is 1.98. The number of nitrogens with zero attached hydrogens (tertiary/aromatic N) is 1. The van der Waals surface area contributed by atoms with E-state index in [1.54, 1.807) is 18.3 Å². The molecule has 60 valence electrons. The van der Waals surface area contributed by atoms with E-state index in [-0.39, 0.29) is 0 Å². The molecule has 0 aliphatic heterocycles. The highest BCUT2D eigenvalue weighted by Crippen LogP contribution is 2.22. The molecule has 0 atom stereocenters. The number of nitrogens with one attached hydrogen (secondary N) is 1. The zero-order valence-corrected chi connectivity index (χ0v) is 6.80. The van der Waals surface area contributed by atoms with Crippen LogP contribution in [-0.4, -0.2) is 16.5 Å². The lowest BCUT2D eigenvalue weighted by Gasteiger charge is -1.93. The fourth-order valence-corrected chi connectivity index (χ4v) is 1.37. The average molecular weight is 181 g/mol. The topological polar surface area (TPSA) is 45.8 Å². The van der Waals surface area contributed by atoms with Crippen molar-refractivity contribution in [2.75, 3.05) is 0 Å². The van der Waals surface area contributed by atoms with Crippen molar-refractivity contribution in [1.29, 1.82) is 0 Å². The van der Waals surface area contributed by atoms with E-state index in [0.29, 0.717) is 10.6 Å². The van der Waals surface area contributed by atoms with E-state index in [2.05, 4.69) is 10.2 Å². The second-order valence-corrected chi connectivity index (χ2v) is 2.86. The number of fused-ring (bicyclic) bond motifs is 1. The van der Waals surface area contributed by atoms with Gasteiger partial charge >= 0.3 is 0 Å². The SMILES string of the molecule is O=Cc1cc(Cl)c2cn[nH]c2c1. The molecular weight excluding hydrogens is 176 g/mol. The summed E-state index contributed by atoms with van der Waals surface area (Å²) in [7, 11) is 0. The zero-order valence-electron chi connectivity index (χ0n) is 6.04. The summed E-state index contributed by atoms with van der Waals surface area (Å²) in [6.07, 6.45) is 2.39. The molecule has 0 aliphatic carbocycles. The van der Waals surface area contributed by atoms with Gasteiger partial charge in [-0.1, -0.05) is 11.6 Å². The van der Waals surface area contributed by atoms with Crippen LogP contribution in [0, 0.1) is 0 Å². The summed E-state index contributed by atoms with van der Waals surface area (Å²) in [6, 6.07) is 3.33. The molecule has 1 heterocycles. The minimum atomic E-state index is 0.545. The average Bonchev–Trinajstić information content (AvgIpc) is 2.52. The van der Waals surface area contributed by atoms with E-state index < -0.39 is 0 Å². The normalized spacial score (nSPS) is 10.4. The number of carbonyl (C=O) groups excluding carboxylic acids is 1. The third kappa shape index (κ3) is 0.987. The highest BCUT2D eigenvalue weighted by atomic mass is 35.5. The number of halogens is 1. The zero-order chi connectivity index (χ0) is 8.55. The highest BCUT2D eigenvalue weighted by molar-refractivity contribution is 6.35. The summed E-state index contributed by atoms with van der Waals surface area (Å²) in [4.78, 5) is 10.4. The van der Waals surface area contributed by atoms with Crippen LogP contribution in [0.4, 0.5) is 0 Å². The molecule has 0 aliphatic rings. The van der Waals surface area contributed by atoms with Crippen molar-refractivity contribution in [2.45, 2.75) is 0 Å². The van der Waals surface area contributed by atoms with Crippen LogP contribution >= 0.6 is 11.6 Å². The summed E-state index contributed by atoms with van der Waals surface area (Å²) >= 11 is 5.86. The molecule has 0 fully saturated rings. The first-order valence-electron chi connectivity index (χ1n) is 3.39. The van der Waals surface area contributed by atoms with E-state index in [1.807, 2.05) is 0 Å². The molecule has 0 radical (unpaired) electrons. The molecule has 2 rings (SSSR count). The van der Waals surface area contributed by atoms with Gasteiger partial charge in [-0.15, -0.1) is 0 Å². The van der Waals surface area contributed by atoms with Gasteiger partial charge in [-0.3, -0.25) is 9.89 Å².